The number of hydrogen-bond donors (Lipinski definition) is 2. The molecule has 8 nitrogen and oxygen atoms in total. The lowest BCUT2D eigenvalue weighted by Crippen LogP contribution is -2.57. The van der Waals surface area contributed by atoms with Gasteiger partial charge in [0.15, 0.2) is 0 Å². The van der Waals surface area contributed by atoms with Gasteiger partial charge in [-0.05, 0) is 51.0 Å². The molecule has 2 N–H and O–H groups in total. The van der Waals surface area contributed by atoms with Crippen molar-refractivity contribution >= 4 is 21.8 Å². The van der Waals surface area contributed by atoms with Gasteiger partial charge in [-0.15, -0.1) is 0 Å². The molecule has 0 aliphatic carbocycles. The normalized spacial score (nSPS) is 13.1. The molecule has 1 unspecified atom stereocenters. The van der Waals surface area contributed by atoms with Gasteiger partial charge in [0, 0.05) is 5.54 Å². The molecule has 0 saturated carbocycles. The van der Waals surface area contributed by atoms with E-state index in [0.717, 1.165) is 0 Å². The average molecular weight is 450 g/mol. The van der Waals surface area contributed by atoms with E-state index < -0.39 is 34.1 Å². The second kappa shape index (κ2) is 10.1. The van der Waals surface area contributed by atoms with Crippen LogP contribution in [0.3, 0.4) is 0 Å². The largest absolute Gasteiger partial charge is 0.467 e. The minimum absolute atomic E-state index is 0.0410. The molecule has 0 radical (unpaired) electrons. The SMILES string of the molecule is CC(C)C(C(=O)NC(C)(C)C)N(Cc1ccco1)C(=O)CNS(=O)(=O)c1ccccc1. The third-order valence-electron chi connectivity index (χ3n) is 4.43. The first-order valence-corrected chi connectivity index (χ1v) is 11.6. The fraction of sp³-hybridized carbons (Fsp3) is 0.455. The Bertz CT molecular complexity index is 964. The van der Waals surface area contributed by atoms with Crippen molar-refractivity contribution in [2.75, 3.05) is 6.54 Å². The standard InChI is InChI=1S/C22H31N3O5S/c1-16(2)20(21(27)24-22(3,4)5)25(15-17-10-9-13-30-17)19(26)14-23-31(28,29)18-11-7-6-8-12-18/h6-13,16,20,23H,14-15H2,1-5H3,(H,24,27). The van der Waals surface area contributed by atoms with E-state index in [4.69, 9.17) is 4.42 Å². The molecule has 1 atom stereocenters. The minimum Gasteiger partial charge on any atom is -0.467 e. The molecule has 2 rings (SSSR count). The number of carbonyl (C=O) groups excluding carboxylic acids is 2. The maximum atomic E-state index is 13.1. The summed E-state index contributed by atoms with van der Waals surface area (Å²) in [6.45, 7) is 8.80. The summed E-state index contributed by atoms with van der Waals surface area (Å²) in [4.78, 5) is 27.6. The lowest BCUT2D eigenvalue weighted by atomic mass is 9.99. The molecule has 0 saturated heterocycles. The van der Waals surface area contributed by atoms with Crippen LogP contribution in [0.2, 0.25) is 0 Å². The molecule has 0 bridgehead atoms. The lowest BCUT2D eigenvalue weighted by Gasteiger charge is -2.35. The first-order valence-electron chi connectivity index (χ1n) is 10.1. The maximum absolute atomic E-state index is 13.1. The Kier molecular flexibility index (Phi) is 8.02. The zero-order valence-electron chi connectivity index (χ0n) is 18.6. The van der Waals surface area contributed by atoms with Crippen LogP contribution in [0, 0.1) is 5.92 Å². The maximum Gasteiger partial charge on any atom is 0.243 e. The average Bonchev–Trinajstić information content (AvgIpc) is 3.18. The van der Waals surface area contributed by atoms with Gasteiger partial charge in [-0.25, -0.2) is 13.1 Å². The summed E-state index contributed by atoms with van der Waals surface area (Å²) in [7, 11) is -3.87. The van der Waals surface area contributed by atoms with Crippen LogP contribution in [0.15, 0.2) is 58.0 Å². The molecule has 1 heterocycles. The van der Waals surface area contributed by atoms with Crippen molar-refractivity contribution in [2.24, 2.45) is 5.92 Å². The Morgan fingerprint density at radius 3 is 2.23 bits per heavy atom. The van der Waals surface area contributed by atoms with E-state index in [0.29, 0.717) is 5.76 Å². The van der Waals surface area contributed by atoms with E-state index in [1.807, 2.05) is 34.6 Å². The quantitative estimate of drug-likeness (QED) is 0.611. The van der Waals surface area contributed by atoms with E-state index in [1.54, 1.807) is 30.3 Å². The molecule has 0 aliphatic heterocycles. The first kappa shape index (κ1) is 24.6. The van der Waals surface area contributed by atoms with E-state index in [1.165, 1.54) is 23.3 Å². The molecule has 31 heavy (non-hydrogen) atoms. The second-order valence-electron chi connectivity index (χ2n) is 8.67. The summed E-state index contributed by atoms with van der Waals surface area (Å²) in [5.41, 5.74) is -0.488. The monoisotopic (exact) mass is 449 g/mol. The van der Waals surface area contributed by atoms with Crippen LogP contribution in [-0.4, -0.2) is 43.3 Å². The van der Waals surface area contributed by atoms with Crippen molar-refractivity contribution in [3.8, 4) is 0 Å². The Hall–Kier alpha value is -2.65. The summed E-state index contributed by atoms with van der Waals surface area (Å²) < 4.78 is 32.8. The first-order chi connectivity index (χ1) is 14.4. The summed E-state index contributed by atoms with van der Waals surface area (Å²) in [5.74, 6) is -0.563. The van der Waals surface area contributed by atoms with Crippen molar-refractivity contribution in [3.05, 3.63) is 54.5 Å². The van der Waals surface area contributed by atoms with Gasteiger partial charge in [-0.1, -0.05) is 32.0 Å². The van der Waals surface area contributed by atoms with Gasteiger partial charge >= 0.3 is 0 Å². The van der Waals surface area contributed by atoms with Gasteiger partial charge in [-0.2, -0.15) is 0 Å². The molecule has 170 valence electrons. The van der Waals surface area contributed by atoms with Gasteiger partial charge in [0.05, 0.1) is 24.2 Å². The molecule has 0 aliphatic rings. The van der Waals surface area contributed by atoms with Crippen LogP contribution < -0.4 is 10.0 Å². The summed E-state index contributed by atoms with van der Waals surface area (Å²) in [6.07, 6.45) is 1.48. The topological polar surface area (TPSA) is 109 Å². The smallest absolute Gasteiger partial charge is 0.243 e. The van der Waals surface area contributed by atoms with Crippen molar-refractivity contribution in [1.29, 1.82) is 0 Å². The van der Waals surface area contributed by atoms with Gasteiger partial charge in [0.1, 0.15) is 11.8 Å². The number of amides is 2. The van der Waals surface area contributed by atoms with Gasteiger partial charge in [-0.3, -0.25) is 9.59 Å². The number of sulfonamides is 1. The van der Waals surface area contributed by atoms with Crippen molar-refractivity contribution in [1.82, 2.24) is 14.9 Å². The molecule has 0 spiro atoms. The molecule has 1 aromatic heterocycles. The molecule has 0 fully saturated rings. The predicted molar refractivity (Wildman–Crippen MR) is 117 cm³/mol. The number of carbonyl (C=O) groups is 2. The molecular formula is C22H31N3O5S. The number of nitrogens with one attached hydrogen (secondary N) is 2. The van der Waals surface area contributed by atoms with Gasteiger partial charge in [0.25, 0.3) is 0 Å². The molecule has 2 aromatic rings. The van der Waals surface area contributed by atoms with Crippen molar-refractivity contribution in [2.45, 2.75) is 57.6 Å². The molecule has 9 heteroatoms. The lowest BCUT2D eigenvalue weighted by molar-refractivity contribution is -0.143. The van der Waals surface area contributed by atoms with Crippen LogP contribution in [0.25, 0.3) is 0 Å². The highest BCUT2D eigenvalue weighted by atomic mass is 32.2. The second-order valence-corrected chi connectivity index (χ2v) is 10.4. The number of furan rings is 1. The number of nitrogens with zero attached hydrogens (tertiary/aromatic N) is 1. The Morgan fingerprint density at radius 1 is 1.06 bits per heavy atom. The predicted octanol–water partition coefficient (Wildman–Crippen LogP) is 2.53. The molecule has 2 amide bonds. The zero-order valence-corrected chi connectivity index (χ0v) is 19.4. The highest BCUT2D eigenvalue weighted by Gasteiger charge is 2.35. The van der Waals surface area contributed by atoms with Crippen LogP contribution in [0.4, 0.5) is 0 Å². The van der Waals surface area contributed by atoms with Crippen molar-refractivity contribution < 1.29 is 22.4 Å². The van der Waals surface area contributed by atoms with Crippen LogP contribution >= 0.6 is 0 Å². The highest BCUT2D eigenvalue weighted by molar-refractivity contribution is 7.89. The van der Waals surface area contributed by atoms with E-state index in [-0.39, 0.29) is 23.3 Å². The van der Waals surface area contributed by atoms with E-state index >= 15 is 0 Å². The van der Waals surface area contributed by atoms with Crippen LogP contribution in [-0.2, 0) is 26.2 Å². The molecule has 1 aromatic carbocycles. The number of rotatable bonds is 9. The summed E-state index contributed by atoms with van der Waals surface area (Å²) in [5, 5.41) is 2.91. The number of benzene rings is 1. The van der Waals surface area contributed by atoms with E-state index in [2.05, 4.69) is 10.0 Å². The highest BCUT2D eigenvalue weighted by Crippen LogP contribution is 2.18. The van der Waals surface area contributed by atoms with E-state index in [9.17, 15) is 18.0 Å². The Morgan fingerprint density at radius 2 is 1.71 bits per heavy atom. The Labute approximate surface area is 184 Å². The van der Waals surface area contributed by atoms with Crippen LogP contribution in [0.5, 0.6) is 0 Å². The van der Waals surface area contributed by atoms with Gasteiger partial charge in [0.2, 0.25) is 21.8 Å². The Balaban J connectivity index is 2.27. The number of hydrogen-bond acceptors (Lipinski definition) is 5. The van der Waals surface area contributed by atoms with Crippen molar-refractivity contribution in [3.63, 3.8) is 0 Å². The van der Waals surface area contributed by atoms with Crippen LogP contribution in [0.1, 0.15) is 40.4 Å². The molecular weight excluding hydrogens is 418 g/mol. The fourth-order valence-corrected chi connectivity index (χ4v) is 4.10. The third-order valence-corrected chi connectivity index (χ3v) is 5.84. The summed E-state index contributed by atoms with van der Waals surface area (Å²) in [6, 6.07) is 10.4. The fourth-order valence-electron chi connectivity index (χ4n) is 3.10. The van der Waals surface area contributed by atoms with Gasteiger partial charge < -0.3 is 14.6 Å². The zero-order chi connectivity index (χ0) is 23.2. The minimum atomic E-state index is -3.87. The summed E-state index contributed by atoms with van der Waals surface area (Å²) >= 11 is 0. The third kappa shape index (κ3) is 7.22.